The van der Waals surface area contributed by atoms with Crippen molar-refractivity contribution in [3.63, 3.8) is 0 Å². The molecular formula is C45H75NO5. The molecule has 0 aliphatic heterocycles. The maximum absolute atomic E-state index is 12.9. The molecule has 0 aliphatic rings. The highest BCUT2D eigenvalue weighted by Crippen LogP contribution is 2.37. The van der Waals surface area contributed by atoms with E-state index in [-0.39, 0.29) is 35.9 Å². The zero-order valence-corrected chi connectivity index (χ0v) is 33.3. The van der Waals surface area contributed by atoms with Gasteiger partial charge in [0.15, 0.2) is 11.5 Å². The Morgan fingerprint density at radius 2 is 0.843 bits per heavy atom. The van der Waals surface area contributed by atoms with Gasteiger partial charge in [0, 0.05) is 24.0 Å². The van der Waals surface area contributed by atoms with E-state index in [1.807, 2.05) is 0 Å². The van der Waals surface area contributed by atoms with Gasteiger partial charge >= 0.3 is 11.9 Å². The quantitative estimate of drug-likeness (QED) is 0.0339. The third kappa shape index (κ3) is 24.1. The number of rotatable bonds is 33. The van der Waals surface area contributed by atoms with Gasteiger partial charge in [0.1, 0.15) is 0 Å². The number of allylic oxidation sites excluding steroid dienone is 4. The van der Waals surface area contributed by atoms with Crippen molar-refractivity contribution >= 4 is 17.8 Å². The van der Waals surface area contributed by atoms with E-state index in [1.54, 1.807) is 19.9 Å². The molecule has 0 unspecified atom stereocenters. The second-order valence-electron chi connectivity index (χ2n) is 14.5. The van der Waals surface area contributed by atoms with Crippen LogP contribution in [0.5, 0.6) is 11.5 Å². The number of aryl methyl sites for hydroxylation is 1. The Labute approximate surface area is 312 Å². The van der Waals surface area contributed by atoms with Gasteiger partial charge < -0.3 is 15.2 Å². The number of hydrogen-bond donors (Lipinski definition) is 1. The summed E-state index contributed by atoms with van der Waals surface area (Å²) in [6.07, 6.45) is 40.7. The fraction of sp³-hybridized carbons (Fsp3) is 0.711. The Morgan fingerprint density at radius 1 is 0.510 bits per heavy atom. The lowest BCUT2D eigenvalue weighted by molar-refractivity contribution is -0.137. The highest BCUT2D eigenvalue weighted by molar-refractivity contribution is 5.96. The molecule has 0 radical (unpaired) electrons. The molecule has 1 rings (SSSR count). The number of primary amides is 1. The highest BCUT2D eigenvalue weighted by atomic mass is 16.6. The fourth-order valence-electron chi connectivity index (χ4n) is 6.38. The number of benzene rings is 1. The monoisotopic (exact) mass is 710 g/mol. The van der Waals surface area contributed by atoms with Gasteiger partial charge in [0.25, 0.3) is 0 Å². The first kappa shape index (κ1) is 46.1. The van der Waals surface area contributed by atoms with Gasteiger partial charge in [-0.3, -0.25) is 14.4 Å². The van der Waals surface area contributed by atoms with E-state index in [9.17, 15) is 14.4 Å². The topological polar surface area (TPSA) is 95.7 Å². The maximum Gasteiger partial charge on any atom is 0.311 e. The van der Waals surface area contributed by atoms with E-state index in [0.717, 1.165) is 64.2 Å². The van der Waals surface area contributed by atoms with Crippen LogP contribution in [0.25, 0.3) is 0 Å². The van der Waals surface area contributed by atoms with Crippen LogP contribution in [0, 0.1) is 13.8 Å². The molecule has 0 bridgehead atoms. The van der Waals surface area contributed by atoms with Gasteiger partial charge in [-0.15, -0.1) is 0 Å². The van der Waals surface area contributed by atoms with Crippen molar-refractivity contribution in [2.75, 3.05) is 0 Å². The van der Waals surface area contributed by atoms with Crippen LogP contribution in [0.3, 0.4) is 0 Å². The highest BCUT2D eigenvalue weighted by Gasteiger charge is 2.23. The molecule has 6 nitrogen and oxygen atoms in total. The smallest absolute Gasteiger partial charge is 0.311 e. The summed E-state index contributed by atoms with van der Waals surface area (Å²) < 4.78 is 11.5. The van der Waals surface area contributed by atoms with Crippen molar-refractivity contribution in [2.24, 2.45) is 5.73 Å². The van der Waals surface area contributed by atoms with E-state index in [2.05, 4.69) is 38.2 Å². The number of carbonyl (C=O) groups excluding carboxylic acids is 3. The van der Waals surface area contributed by atoms with E-state index < -0.39 is 11.9 Å². The van der Waals surface area contributed by atoms with Crippen molar-refractivity contribution in [2.45, 2.75) is 207 Å². The first-order chi connectivity index (χ1) is 24.8. The molecular weight excluding hydrogens is 634 g/mol. The number of amides is 1. The van der Waals surface area contributed by atoms with Crippen LogP contribution < -0.4 is 15.2 Å². The van der Waals surface area contributed by atoms with Crippen molar-refractivity contribution in [3.05, 3.63) is 47.1 Å². The molecule has 1 amide bonds. The third-order valence-electron chi connectivity index (χ3n) is 9.65. The van der Waals surface area contributed by atoms with Crippen LogP contribution in [0.4, 0.5) is 0 Å². The second-order valence-corrected chi connectivity index (χ2v) is 14.5. The van der Waals surface area contributed by atoms with Gasteiger partial charge in [0.2, 0.25) is 5.91 Å². The summed E-state index contributed by atoms with van der Waals surface area (Å²) >= 11 is 0. The summed E-state index contributed by atoms with van der Waals surface area (Å²) in [5.41, 5.74) is 6.82. The largest absolute Gasteiger partial charge is 0.422 e. The minimum atomic E-state index is -0.615. The summed E-state index contributed by atoms with van der Waals surface area (Å²) in [6, 6.07) is 1.60. The average Bonchev–Trinajstić information content (AvgIpc) is 3.11. The lowest BCUT2D eigenvalue weighted by Gasteiger charge is -2.17. The fourth-order valence-corrected chi connectivity index (χ4v) is 6.38. The summed E-state index contributed by atoms with van der Waals surface area (Å²) in [5.74, 6) is -1.05. The molecule has 0 spiro atoms. The first-order valence-corrected chi connectivity index (χ1v) is 21.0. The predicted octanol–water partition coefficient (Wildman–Crippen LogP) is 13.3. The van der Waals surface area contributed by atoms with Gasteiger partial charge in [-0.2, -0.15) is 0 Å². The number of ether oxygens (including phenoxy) is 2. The number of unbranched alkanes of at least 4 members (excludes halogenated alkanes) is 22. The Morgan fingerprint density at radius 3 is 1.22 bits per heavy atom. The molecule has 6 heteroatoms. The lowest BCUT2D eigenvalue weighted by atomic mass is 10.0. The Kier molecular flexibility index (Phi) is 28.8. The third-order valence-corrected chi connectivity index (χ3v) is 9.65. The molecule has 0 saturated heterocycles. The maximum atomic E-state index is 12.9. The van der Waals surface area contributed by atoms with E-state index in [4.69, 9.17) is 15.2 Å². The predicted molar refractivity (Wildman–Crippen MR) is 215 cm³/mol. The Hall–Kier alpha value is -2.89. The number of nitrogens with two attached hydrogens (primary N) is 1. The molecule has 2 N–H and O–H groups in total. The van der Waals surface area contributed by atoms with Crippen molar-refractivity contribution < 1.29 is 23.9 Å². The van der Waals surface area contributed by atoms with E-state index in [0.29, 0.717) is 11.1 Å². The van der Waals surface area contributed by atoms with Gasteiger partial charge in [-0.1, -0.05) is 141 Å². The van der Waals surface area contributed by atoms with E-state index in [1.165, 1.54) is 103 Å². The molecule has 0 heterocycles. The van der Waals surface area contributed by atoms with Crippen LogP contribution in [0.15, 0.2) is 30.4 Å². The van der Waals surface area contributed by atoms with Crippen LogP contribution in [0.2, 0.25) is 0 Å². The molecule has 0 atom stereocenters. The lowest BCUT2D eigenvalue weighted by Crippen LogP contribution is -2.18. The number of hydrogen-bond acceptors (Lipinski definition) is 5. The van der Waals surface area contributed by atoms with E-state index >= 15 is 0 Å². The minimum absolute atomic E-state index is 0.124. The second kappa shape index (κ2) is 31.8. The minimum Gasteiger partial charge on any atom is -0.422 e. The van der Waals surface area contributed by atoms with Gasteiger partial charge in [-0.05, 0) is 89.7 Å². The Balaban J connectivity index is 2.37. The van der Waals surface area contributed by atoms with Crippen LogP contribution in [-0.2, 0) is 9.59 Å². The molecule has 0 fully saturated rings. The standard InChI is InChI=1S/C45H75NO5/c1-5-7-9-11-13-15-17-19-21-23-25-27-29-31-33-35-41(47)50-43-38(3)37-40(45(46)49)39(4)44(43)51-42(48)36-34-32-30-28-26-24-22-20-18-16-14-12-10-8-6-2/h19-22,37H,5-18,23-36H2,1-4H3,(H2,46,49)/b21-19-,22-20-. The van der Waals surface area contributed by atoms with Crippen molar-refractivity contribution in [1.82, 2.24) is 0 Å². The number of carbonyl (C=O) groups is 3. The van der Waals surface area contributed by atoms with Crippen LogP contribution in [-0.4, -0.2) is 17.8 Å². The zero-order chi connectivity index (χ0) is 37.4. The zero-order valence-electron chi connectivity index (χ0n) is 33.3. The number of esters is 2. The Bertz CT molecular complexity index is 1140. The van der Waals surface area contributed by atoms with Gasteiger partial charge in [0.05, 0.1) is 0 Å². The van der Waals surface area contributed by atoms with Crippen molar-refractivity contribution in [3.8, 4) is 11.5 Å². The molecule has 1 aromatic rings. The molecule has 0 aromatic heterocycles. The molecule has 290 valence electrons. The summed E-state index contributed by atoms with van der Waals surface area (Å²) in [7, 11) is 0. The molecule has 1 aromatic carbocycles. The van der Waals surface area contributed by atoms with Crippen LogP contribution >= 0.6 is 0 Å². The van der Waals surface area contributed by atoms with Crippen molar-refractivity contribution in [1.29, 1.82) is 0 Å². The normalized spacial score (nSPS) is 11.5. The van der Waals surface area contributed by atoms with Gasteiger partial charge in [-0.25, -0.2) is 0 Å². The molecule has 0 aliphatic carbocycles. The first-order valence-electron chi connectivity index (χ1n) is 21.0. The summed E-state index contributed by atoms with van der Waals surface area (Å²) in [4.78, 5) is 37.8. The summed E-state index contributed by atoms with van der Waals surface area (Å²) in [5, 5.41) is 0. The molecule has 51 heavy (non-hydrogen) atoms. The van der Waals surface area contributed by atoms with Crippen LogP contribution in [0.1, 0.15) is 215 Å². The molecule has 0 saturated carbocycles. The SMILES string of the molecule is CCCCCCCC/C=C\CCCCCCCC(=O)Oc1c(C)cc(C(N)=O)c(C)c1OC(=O)CCCCCCC/C=C\CCCCCCCC. The average molecular weight is 710 g/mol. The summed E-state index contributed by atoms with van der Waals surface area (Å²) in [6.45, 7) is 7.92.